The van der Waals surface area contributed by atoms with Crippen LogP contribution < -0.4 is 5.32 Å². The number of non-ortho nitro benzene ring substituents is 1. The Bertz CT molecular complexity index is 1060. The first-order valence-corrected chi connectivity index (χ1v) is 8.72. The molecule has 27 heavy (non-hydrogen) atoms. The molecule has 1 N–H and O–H groups in total. The molecule has 0 bridgehead atoms. The van der Waals surface area contributed by atoms with Crippen molar-refractivity contribution in [3.63, 3.8) is 0 Å². The lowest BCUT2D eigenvalue weighted by Crippen LogP contribution is -2.13. The first-order valence-electron chi connectivity index (χ1n) is 7.90. The number of benzene rings is 3. The third kappa shape index (κ3) is 4.32. The highest BCUT2D eigenvalue weighted by Gasteiger charge is 2.15. The summed E-state index contributed by atoms with van der Waals surface area (Å²) in [5, 5.41) is 22.8. The summed E-state index contributed by atoms with van der Waals surface area (Å²) in [6.07, 6.45) is 0. The number of amides is 1. The van der Waals surface area contributed by atoms with Crippen LogP contribution in [0.1, 0.15) is 15.9 Å². The van der Waals surface area contributed by atoms with Gasteiger partial charge in [0.25, 0.3) is 11.6 Å². The van der Waals surface area contributed by atoms with E-state index in [9.17, 15) is 20.2 Å². The fourth-order valence-corrected chi connectivity index (χ4v) is 3.43. The zero-order valence-electron chi connectivity index (χ0n) is 14.0. The van der Waals surface area contributed by atoms with Gasteiger partial charge in [0.1, 0.15) is 6.07 Å². The van der Waals surface area contributed by atoms with Gasteiger partial charge in [0, 0.05) is 27.6 Å². The largest absolute Gasteiger partial charge is 0.322 e. The number of carbonyl (C=O) groups excluding carboxylic acids is 1. The summed E-state index contributed by atoms with van der Waals surface area (Å²) in [5.41, 5.74) is 1.18. The summed E-state index contributed by atoms with van der Waals surface area (Å²) in [5.74, 6) is -0.381. The van der Waals surface area contributed by atoms with E-state index in [0.717, 1.165) is 4.90 Å². The highest BCUT2D eigenvalue weighted by Crippen LogP contribution is 2.33. The zero-order chi connectivity index (χ0) is 19.2. The van der Waals surface area contributed by atoms with Gasteiger partial charge in [-0.05, 0) is 30.3 Å². The third-order valence-electron chi connectivity index (χ3n) is 3.67. The van der Waals surface area contributed by atoms with E-state index in [4.69, 9.17) is 0 Å². The Morgan fingerprint density at radius 1 is 1.00 bits per heavy atom. The van der Waals surface area contributed by atoms with Gasteiger partial charge in [-0.1, -0.05) is 42.1 Å². The molecule has 0 saturated carbocycles. The second-order valence-corrected chi connectivity index (χ2v) is 6.55. The summed E-state index contributed by atoms with van der Waals surface area (Å²) in [7, 11) is 0. The molecular formula is C20H13N3O3S. The number of rotatable bonds is 5. The first-order chi connectivity index (χ1) is 13.1. The van der Waals surface area contributed by atoms with E-state index in [0.29, 0.717) is 21.7 Å². The fraction of sp³-hybridized carbons (Fsp3) is 0. The Labute approximate surface area is 159 Å². The fourth-order valence-electron chi connectivity index (χ4n) is 2.41. The minimum atomic E-state index is -0.516. The molecule has 0 atom stereocenters. The number of nitro benzene ring substituents is 1. The van der Waals surface area contributed by atoms with Gasteiger partial charge in [-0.25, -0.2) is 0 Å². The summed E-state index contributed by atoms with van der Waals surface area (Å²) in [6, 6.07) is 22.1. The molecule has 0 aromatic heterocycles. The molecule has 0 spiro atoms. The van der Waals surface area contributed by atoms with Gasteiger partial charge >= 0.3 is 0 Å². The van der Waals surface area contributed by atoms with Crippen LogP contribution in [0.15, 0.2) is 82.6 Å². The molecule has 0 radical (unpaired) electrons. The quantitative estimate of drug-likeness (QED) is 0.507. The van der Waals surface area contributed by atoms with Gasteiger partial charge in [0.2, 0.25) is 0 Å². The lowest BCUT2D eigenvalue weighted by atomic mass is 10.2. The molecular weight excluding hydrogens is 362 g/mol. The van der Waals surface area contributed by atoms with Crippen molar-refractivity contribution in [1.29, 1.82) is 5.26 Å². The number of nitro groups is 1. The molecule has 0 fully saturated rings. The number of carbonyl (C=O) groups is 1. The van der Waals surface area contributed by atoms with E-state index in [1.807, 2.05) is 18.2 Å². The Morgan fingerprint density at radius 3 is 2.44 bits per heavy atom. The van der Waals surface area contributed by atoms with Crippen LogP contribution in [0.5, 0.6) is 0 Å². The van der Waals surface area contributed by atoms with Gasteiger partial charge in [0.15, 0.2) is 0 Å². The standard InChI is InChI=1S/C20H13N3O3S/c21-13-14-6-1-3-10-18(14)27-19-11-4-2-9-17(19)20(24)22-15-7-5-8-16(12-15)23(25)26/h1-12H,(H,22,24). The molecule has 132 valence electrons. The van der Waals surface area contributed by atoms with Gasteiger partial charge in [-0.2, -0.15) is 5.26 Å². The molecule has 3 aromatic rings. The molecule has 0 aliphatic carbocycles. The summed E-state index contributed by atoms with van der Waals surface area (Å²) in [6.45, 7) is 0. The predicted molar refractivity (Wildman–Crippen MR) is 103 cm³/mol. The third-order valence-corrected chi connectivity index (χ3v) is 4.83. The first kappa shape index (κ1) is 18.2. The van der Waals surface area contributed by atoms with Crippen molar-refractivity contribution in [3.05, 3.63) is 94.0 Å². The Kier molecular flexibility index (Phi) is 5.50. The van der Waals surface area contributed by atoms with Gasteiger partial charge in [-0.3, -0.25) is 14.9 Å². The zero-order valence-corrected chi connectivity index (χ0v) is 14.8. The minimum absolute atomic E-state index is 0.0987. The molecule has 7 heteroatoms. The van der Waals surface area contributed by atoms with E-state index >= 15 is 0 Å². The van der Waals surface area contributed by atoms with E-state index in [1.165, 1.54) is 30.0 Å². The Hall–Kier alpha value is -3.63. The minimum Gasteiger partial charge on any atom is -0.322 e. The molecule has 0 heterocycles. The molecule has 0 aliphatic rings. The molecule has 1 amide bonds. The van der Waals surface area contributed by atoms with Crippen LogP contribution in [-0.4, -0.2) is 10.8 Å². The second kappa shape index (κ2) is 8.17. The lowest BCUT2D eigenvalue weighted by molar-refractivity contribution is -0.384. The van der Waals surface area contributed by atoms with Crippen molar-refractivity contribution in [3.8, 4) is 6.07 Å². The van der Waals surface area contributed by atoms with Crippen molar-refractivity contribution in [1.82, 2.24) is 0 Å². The monoisotopic (exact) mass is 375 g/mol. The molecule has 3 rings (SSSR count). The number of anilines is 1. The molecule has 0 aliphatic heterocycles. The smallest absolute Gasteiger partial charge is 0.271 e. The number of hydrogen-bond donors (Lipinski definition) is 1. The highest BCUT2D eigenvalue weighted by atomic mass is 32.2. The predicted octanol–water partition coefficient (Wildman–Crippen LogP) is 4.87. The normalized spacial score (nSPS) is 10.0. The van der Waals surface area contributed by atoms with Gasteiger partial charge < -0.3 is 5.32 Å². The number of hydrogen-bond acceptors (Lipinski definition) is 5. The maximum atomic E-state index is 12.7. The number of nitrogens with zero attached hydrogens (tertiary/aromatic N) is 2. The van der Waals surface area contributed by atoms with Crippen molar-refractivity contribution in [2.45, 2.75) is 9.79 Å². The summed E-state index contributed by atoms with van der Waals surface area (Å²) < 4.78 is 0. The summed E-state index contributed by atoms with van der Waals surface area (Å²) in [4.78, 5) is 24.5. The average Bonchev–Trinajstić information content (AvgIpc) is 2.69. The average molecular weight is 375 g/mol. The molecule has 6 nitrogen and oxygen atoms in total. The van der Waals surface area contributed by atoms with Crippen LogP contribution in [0.4, 0.5) is 11.4 Å². The van der Waals surface area contributed by atoms with Crippen LogP contribution in [-0.2, 0) is 0 Å². The van der Waals surface area contributed by atoms with Crippen LogP contribution >= 0.6 is 11.8 Å². The lowest BCUT2D eigenvalue weighted by Gasteiger charge is -2.10. The van der Waals surface area contributed by atoms with Crippen molar-refractivity contribution < 1.29 is 9.72 Å². The van der Waals surface area contributed by atoms with Crippen LogP contribution in [0.2, 0.25) is 0 Å². The number of nitriles is 1. The van der Waals surface area contributed by atoms with Crippen LogP contribution in [0.25, 0.3) is 0 Å². The Morgan fingerprint density at radius 2 is 1.70 bits per heavy atom. The Balaban J connectivity index is 1.87. The van der Waals surface area contributed by atoms with E-state index in [-0.39, 0.29) is 11.6 Å². The van der Waals surface area contributed by atoms with Crippen molar-refractivity contribution in [2.75, 3.05) is 5.32 Å². The van der Waals surface area contributed by atoms with Crippen LogP contribution in [0.3, 0.4) is 0 Å². The SMILES string of the molecule is N#Cc1ccccc1Sc1ccccc1C(=O)Nc1cccc([N+](=O)[O-])c1. The van der Waals surface area contributed by atoms with E-state index < -0.39 is 4.92 Å². The van der Waals surface area contributed by atoms with Gasteiger partial charge in [0.05, 0.1) is 16.1 Å². The van der Waals surface area contributed by atoms with Crippen molar-refractivity contribution in [2.24, 2.45) is 0 Å². The van der Waals surface area contributed by atoms with Crippen LogP contribution in [0, 0.1) is 21.4 Å². The molecule has 0 unspecified atom stereocenters. The summed E-state index contributed by atoms with van der Waals surface area (Å²) >= 11 is 1.32. The van der Waals surface area contributed by atoms with E-state index in [1.54, 1.807) is 36.4 Å². The second-order valence-electron chi connectivity index (χ2n) is 5.47. The van der Waals surface area contributed by atoms with Gasteiger partial charge in [-0.15, -0.1) is 0 Å². The van der Waals surface area contributed by atoms with Crippen molar-refractivity contribution >= 4 is 29.0 Å². The highest BCUT2D eigenvalue weighted by molar-refractivity contribution is 7.99. The van der Waals surface area contributed by atoms with E-state index in [2.05, 4.69) is 11.4 Å². The maximum absolute atomic E-state index is 12.7. The topological polar surface area (TPSA) is 96.0 Å². The maximum Gasteiger partial charge on any atom is 0.271 e. The molecule has 3 aromatic carbocycles. The number of nitrogens with one attached hydrogen (secondary N) is 1. The molecule has 0 saturated heterocycles.